The van der Waals surface area contributed by atoms with Gasteiger partial charge in [0.05, 0.1) is 0 Å². The summed E-state index contributed by atoms with van der Waals surface area (Å²) in [4.78, 5) is 16.6. The molecular weight excluding hydrogens is 266 g/mol. The highest BCUT2D eigenvalue weighted by molar-refractivity contribution is 5.74. The van der Waals surface area contributed by atoms with Crippen molar-refractivity contribution in [1.29, 1.82) is 0 Å². The number of rotatable bonds is 6. The maximum Gasteiger partial charge on any atom is 0.317 e. The maximum atomic E-state index is 12.4. The highest BCUT2D eigenvalue weighted by Gasteiger charge is 2.30. The van der Waals surface area contributed by atoms with E-state index in [9.17, 15) is 9.90 Å². The minimum atomic E-state index is -0.0565. The van der Waals surface area contributed by atoms with E-state index < -0.39 is 0 Å². The van der Waals surface area contributed by atoms with Crippen molar-refractivity contribution in [2.75, 3.05) is 39.8 Å². The van der Waals surface area contributed by atoms with Gasteiger partial charge in [-0.25, -0.2) is 4.79 Å². The van der Waals surface area contributed by atoms with Crippen LogP contribution in [0.5, 0.6) is 0 Å². The van der Waals surface area contributed by atoms with E-state index in [0.29, 0.717) is 12.5 Å². The molecule has 0 aliphatic carbocycles. The van der Waals surface area contributed by atoms with E-state index in [1.807, 2.05) is 18.7 Å². The minimum Gasteiger partial charge on any atom is -0.396 e. The Morgan fingerprint density at radius 3 is 2.62 bits per heavy atom. The molecule has 0 aromatic rings. The molecule has 1 heterocycles. The number of hydrogen-bond donors (Lipinski definition) is 2. The normalized spacial score (nSPS) is 20.9. The van der Waals surface area contributed by atoms with Crippen LogP contribution in [0.2, 0.25) is 0 Å². The van der Waals surface area contributed by atoms with Crippen LogP contribution < -0.4 is 5.32 Å². The third-order valence-corrected chi connectivity index (χ3v) is 4.39. The van der Waals surface area contributed by atoms with E-state index in [-0.39, 0.29) is 24.1 Å². The fraction of sp³-hybridized carbons (Fsp3) is 0.938. The van der Waals surface area contributed by atoms with E-state index in [1.165, 1.54) is 0 Å². The lowest BCUT2D eigenvalue weighted by Crippen LogP contribution is -2.58. The Balaban J connectivity index is 2.40. The molecule has 1 fully saturated rings. The molecule has 0 saturated carbocycles. The van der Waals surface area contributed by atoms with Gasteiger partial charge >= 0.3 is 6.03 Å². The van der Waals surface area contributed by atoms with Gasteiger partial charge in [0.15, 0.2) is 0 Å². The van der Waals surface area contributed by atoms with Gasteiger partial charge in [0.2, 0.25) is 0 Å². The van der Waals surface area contributed by atoms with Crippen LogP contribution >= 0.6 is 0 Å². The van der Waals surface area contributed by atoms with Gasteiger partial charge in [-0.2, -0.15) is 0 Å². The summed E-state index contributed by atoms with van der Waals surface area (Å²) < 4.78 is 0. The van der Waals surface area contributed by atoms with Crippen LogP contribution in [0.25, 0.3) is 0 Å². The second-order valence-electron chi connectivity index (χ2n) is 7.42. The van der Waals surface area contributed by atoms with Crippen LogP contribution in [-0.2, 0) is 0 Å². The topological polar surface area (TPSA) is 55.8 Å². The third kappa shape index (κ3) is 5.83. The quantitative estimate of drug-likeness (QED) is 0.735. The van der Waals surface area contributed by atoms with Crippen LogP contribution in [0.4, 0.5) is 4.79 Å². The molecule has 0 radical (unpaired) electrons. The number of piperazine rings is 1. The lowest BCUT2D eigenvalue weighted by molar-refractivity contribution is 0.0852. The van der Waals surface area contributed by atoms with Crippen LogP contribution in [0.3, 0.4) is 0 Å². The van der Waals surface area contributed by atoms with E-state index in [2.05, 4.69) is 31.1 Å². The zero-order chi connectivity index (χ0) is 16.0. The van der Waals surface area contributed by atoms with Gasteiger partial charge in [0, 0.05) is 38.8 Å². The smallest absolute Gasteiger partial charge is 0.317 e. The van der Waals surface area contributed by atoms with Crippen LogP contribution in [0, 0.1) is 11.3 Å². The molecule has 21 heavy (non-hydrogen) atoms. The molecular formula is C16H33N3O2. The average molecular weight is 299 g/mol. The molecule has 0 aromatic carbocycles. The summed E-state index contributed by atoms with van der Waals surface area (Å²) in [5.74, 6) is 0.465. The lowest BCUT2D eigenvalue weighted by Gasteiger charge is -2.42. The van der Waals surface area contributed by atoms with Crippen molar-refractivity contribution in [3.63, 3.8) is 0 Å². The monoisotopic (exact) mass is 299 g/mol. The van der Waals surface area contributed by atoms with Crippen molar-refractivity contribution >= 4 is 6.03 Å². The molecule has 2 amide bonds. The number of carbonyl (C=O) groups excluding carboxylic acids is 1. The van der Waals surface area contributed by atoms with Gasteiger partial charge < -0.3 is 20.2 Å². The van der Waals surface area contributed by atoms with Crippen molar-refractivity contribution < 1.29 is 9.90 Å². The van der Waals surface area contributed by atoms with Gasteiger partial charge in [-0.3, -0.25) is 0 Å². The first-order chi connectivity index (χ1) is 9.76. The Hall–Kier alpha value is -0.810. The summed E-state index contributed by atoms with van der Waals surface area (Å²) >= 11 is 0. The predicted octanol–water partition coefficient (Wildman–Crippen LogP) is 1.77. The number of aliphatic hydroxyl groups excluding tert-OH is 1. The Morgan fingerprint density at radius 2 is 2.05 bits per heavy atom. The Kier molecular flexibility index (Phi) is 6.94. The first-order valence-corrected chi connectivity index (χ1v) is 8.10. The Morgan fingerprint density at radius 1 is 1.38 bits per heavy atom. The third-order valence-electron chi connectivity index (χ3n) is 4.39. The first kappa shape index (κ1) is 18.2. The summed E-state index contributed by atoms with van der Waals surface area (Å²) in [5, 5.41) is 12.3. The number of aliphatic hydroxyl groups is 1. The molecule has 2 N–H and O–H groups in total. The largest absolute Gasteiger partial charge is 0.396 e. The molecule has 1 saturated heterocycles. The molecule has 0 aromatic heterocycles. The SMILES string of the molecule is CC(C)[C@H]1CN(C)CCN1C(=O)NCCCC(C)(C)CO. The molecule has 0 bridgehead atoms. The second-order valence-corrected chi connectivity index (χ2v) is 7.42. The summed E-state index contributed by atoms with van der Waals surface area (Å²) in [6.07, 6.45) is 1.82. The predicted molar refractivity (Wildman–Crippen MR) is 86.3 cm³/mol. The number of nitrogens with zero attached hydrogens (tertiary/aromatic N) is 2. The molecule has 1 rings (SSSR count). The van der Waals surface area contributed by atoms with Gasteiger partial charge in [0.1, 0.15) is 0 Å². The zero-order valence-electron chi connectivity index (χ0n) is 14.4. The first-order valence-electron chi connectivity index (χ1n) is 8.10. The number of amides is 2. The zero-order valence-corrected chi connectivity index (χ0v) is 14.4. The van der Waals surface area contributed by atoms with Crippen molar-refractivity contribution in [2.24, 2.45) is 11.3 Å². The molecule has 0 spiro atoms. The number of carbonyl (C=O) groups is 1. The molecule has 5 nitrogen and oxygen atoms in total. The molecule has 124 valence electrons. The van der Waals surface area contributed by atoms with Crippen LogP contribution in [0.1, 0.15) is 40.5 Å². The lowest BCUT2D eigenvalue weighted by atomic mass is 9.89. The minimum absolute atomic E-state index is 0.0565. The Bertz CT molecular complexity index is 331. The summed E-state index contributed by atoms with van der Waals surface area (Å²) in [5.41, 5.74) is -0.0565. The number of urea groups is 1. The van der Waals surface area contributed by atoms with Crippen molar-refractivity contribution in [3.8, 4) is 0 Å². The number of nitrogens with one attached hydrogen (secondary N) is 1. The van der Waals surface area contributed by atoms with Gasteiger partial charge in [-0.15, -0.1) is 0 Å². The molecule has 1 aliphatic heterocycles. The van der Waals surface area contributed by atoms with E-state index in [1.54, 1.807) is 0 Å². The van der Waals surface area contributed by atoms with Gasteiger partial charge in [-0.05, 0) is 31.2 Å². The van der Waals surface area contributed by atoms with E-state index >= 15 is 0 Å². The molecule has 1 aliphatic rings. The molecule has 5 heteroatoms. The highest BCUT2D eigenvalue weighted by Crippen LogP contribution is 2.20. The highest BCUT2D eigenvalue weighted by atomic mass is 16.3. The maximum absolute atomic E-state index is 12.4. The van der Waals surface area contributed by atoms with Gasteiger partial charge in [0.25, 0.3) is 0 Å². The fourth-order valence-corrected chi connectivity index (χ4v) is 2.72. The number of hydrogen-bond acceptors (Lipinski definition) is 3. The Labute approximate surface area is 129 Å². The molecule has 0 unspecified atom stereocenters. The van der Waals surface area contributed by atoms with Crippen molar-refractivity contribution in [1.82, 2.24) is 15.1 Å². The summed E-state index contributed by atoms with van der Waals surface area (Å²) in [7, 11) is 2.11. The second kappa shape index (κ2) is 7.99. The molecule has 1 atom stereocenters. The van der Waals surface area contributed by atoms with Crippen molar-refractivity contribution in [3.05, 3.63) is 0 Å². The van der Waals surface area contributed by atoms with Crippen molar-refractivity contribution in [2.45, 2.75) is 46.6 Å². The van der Waals surface area contributed by atoms with E-state index in [4.69, 9.17) is 0 Å². The van der Waals surface area contributed by atoms with E-state index in [0.717, 1.165) is 32.5 Å². The fourth-order valence-electron chi connectivity index (χ4n) is 2.72. The van der Waals surface area contributed by atoms with Crippen LogP contribution in [0.15, 0.2) is 0 Å². The summed E-state index contributed by atoms with van der Waals surface area (Å²) in [6, 6.07) is 0.348. The van der Waals surface area contributed by atoms with Gasteiger partial charge in [-0.1, -0.05) is 27.7 Å². The average Bonchev–Trinajstić information content (AvgIpc) is 2.43. The van der Waals surface area contributed by atoms with Crippen LogP contribution in [-0.4, -0.2) is 66.8 Å². The number of likely N-dealkylation sites (N-methyl/N-ethyl adjacent to an activating group) is 1. The summed E-state index contributed by atoms with van der Waals surface area (Å²) in [6.45, 7) is 12.0. The standard InChI is InChI=1S/C16H33N3O2/c1-13(2)14-11-18(5)9-10-19(14)15(21)17-8-6-7-16(3,4)12-20/h13-14,20H,6-12H2,1-5H3,(H,17,21)/t14-/m1/s1.